The van der Waals surface area contributed by atoms with E-state index in [1.165, 1.54) is 24.3 Å². The Morgan fingerprint density at radius 1 is 0.559 bits per heavy atom. The quantitative estimate of drug-likeness (QED) is 0.165. The Labute approximate surface area is 349 Å². The van der Waals surface area contributed by atoms with E-state index in [1.54, 1.807) is 92.9 Å². The summed E-state index contributed by atoms with van der Waals surface area (Å²) in [6, 6.07) is 9.36. The summed E-state index contributed by atoms with van der Waals surface area (Å²) in [6.07, 6.45) is 0.717. The van der Waals surface area contributed by atoms with E-state index in [0.29, 0.717) is 61.3 Å². The van der Waals surface area contributed by atoms with Gasteiger partial charge in [0.05, 0.1) is 11.8 Å². The molecule has 13 heteroatoms. The van der Waals surface area contributed by atoms with Gasteiger partial charge in [0.1, 0.15) is 34.0 Å². The molecule has 2 aliphatic rings. The van der Waals surface area contributed by atoms with E-state index in [2.05, 4.69) is 5.32 Å². The number of carbonyl (C=O) groups is 4. The second-order valence-electron chi connectivity index (χ2n) is 20.2. The van der Waals surface area contributed by atoms with Crippen LogP contribution < -0.4 is 5.32 Å². The van der Waals surface area contributed by atoms with Crippen LogP contribution in [0.5, 0.6) is 0 Å². The highest BCUT2D eigenvalue weighted by molar-refractivity contribution is 5.75. The maximum Gasteiger partial charge on any atom is 0.410 e. The number of benzene rings is 2. The molecule has 0 saturated carbocycles. The lowest BCUT2D eigenvalue weighted by Crippen LogP contribution is -2.38. The van der Waals surface area contributed by atoms with Gasteiger partial charge >= 0.3 is 24.1 Å². The monoisotopic (exact) mass is 827 g/mol. The number of carbonyl (C=O) groups excluding carboxylic acids is 4. The highest BCUT2D eigenvalue weighted by Gasteiger charge is 2.41. The van der Waals surface area contributed by atoms with Gasteiger partial charge in [-0.05, 0) is 167 Å². The molecule has 0 aliphatic carbocycles. The summed E-state index contributed by atoms with van der Waals surface area (Å²) < 4.78 is 53.0. The minimum absolute atomic E-state index is 0.211. The van der Waals surface area contributed by atoms with E-state index in [-0.39, 0.29) is 37.8 Å². The number of rotatable bonds is 12. The molecule has 328 valence electrons. The highest BCUT2D eigenvalue weighted by atomic mass is 19.1. The van der Waals surface area contributed by atoms with Gasteiger partial charge in [-0.1, -0.05) is 12.1 Å². The van der Waals surface area contributed by atoms with Crippen LogP contribution in [0.4, 0.5) is 18.4 Å². The van der Waals surface area contributed by atoms with E-state index in [9.17, 15) is 19.2 Å². The summed E-state index contributed by atoms with van der Waals surface area (Å²) in [5.74, 6) is -3.38. The molecule has 2 amide bonds. The third-order valence-corrected chi connectivity index (χ3v) is 9.91. The zero-order valence-corrected chi connectivity index (χ0v) is 37.3. The summed E-state index contributed by atoms with van der Waals surface area (Å²) in [7, 11) is 0. The van der Waals surface area contributed by atoms with Crippen molar-refractivity contribution in [2.24, 2.45) is 23.7 Å². The predicted octanol–water partition coefficient (Wildman–Crippen LogP) is 8.77. The van der Waals surface area contributed by atoms with Crippen LogP contribution in [-0.2, 0) is 54.5 Å². The topological polar surface area (TPSA) is 124 Å². The SMILES string of the molecule is CC(C)(C)OC(=O)[C@@H](Cc1cc(F)cc(CNCc2cc(F)cc(C[C@H](C(=O)OC(C)(C)C)[C@H]3CCN(C(=O)OC(C)(C)C)C3)c2)c1)[C@H]1CCN(C(=O)OC(C)(C)C)C1. The Balaban J connectivity index is 1.46. The Morgan fingerprint density at radius 3 is 1.20 bits per heavy atom. The third-order valence-electron chi connectivity index (χ3n) is 9.91. The van der Waals surface area contributed by atoms with Crippen LogP contribution in [0, 0.1) is 35.3 Å². The fourth-order valence-electron chi connectivity index (χ4n) is 7.59. The van der Waals surface area contributed by atoms with Crippen LogP contribution in [0.15, 0.2) is 36.4 Å². The van der Waals surface area contributed by atoms with Crippen molar-refractivity contribution >= 4 is 24.1 Å². The molecule has 0 spiro atoms. The second kappa shape index (κ2) is 19.0. The molecule has 2 fully saturated rings. The lowest BCUT2D eigenvalue weighted by molar-refractivity contribution is -0.163. The van der Waals surface area contributed by atoms with Gasteiger partial charge in [0, 0.05) is 39.3 Å². The van der Waals surface area contributed by atoms with Crippen molar-refractivity contribution in [2.45, 2.75) is 144 Å². The van der Waals surface area contributed by atoms with E-state index in [4.69, 9.17) is 18.9 Å². The number of hydrogen-bond donors (Lipinski definition) is 1. The van der Waals surface area contributed by atoms with E-state index >= 15 is 8.78 Å². The number of ether oxygens (including phenoxy) is 4. The van der Waals surface area contributed by atoms with Crippen molar-refractivity contribution in [3.8, 4) is 0 Å². The van der Waals surface area contributed by atoms with Gasteiger partial charge in [0.25, 0.3) is 0 Å². The Morgan fingerprint density at radius 2 is 0.881 bits per heavy atom. The zero-order valence-electron chi connectivity index (χ0n) is 37.3. The van der Waals surface area contributed by atoms with Crippen molar-refractivity contribution in [3.63, 3.8) is 0 Å². The Kier molecular flexibility index (Phi) is 15.3. The van der Waals surface area contributed by atoms with Crippen LogP contribution in [0.1, 0.15) is 118 Å². The van der Waals surface area contributed by atoms with Gasteiger partial charge in [-0.2, -0.15) is 0 Å². The molecule has 2 aromatic carbocycles. The number of hydrogen-bond acceptors (Lipinski definition) is 9. The molecule has 4 atom stereocenters. The van der Waals surface area contributed by atoms with E-state index < -0.39 is 70.0 Å². The summed E-state index contributed by atoms with van der Waals surface area (Å²) in [5, 5.41) is 3.29. The number of esters is 2. The molecular weight excluding hydrogens is 761 g/mol. The summed E-state index contributed by atoms with van der Waals surface area (Å²) >= 11 is 0. The molecular formula is C46H67F2N3O8. The fourth-order valence-corrected chi connectivity index (χ4v) is 7.59. The summed E-state index contributed by atoms with van der Waals surface area (Å²) in [6.45, 7) is 23.7. The Bertz CT molecular complexity index is 1680. The summed E-state index contributed by atoms with van der Waals surface area (Å²) in [4.78, 5) is 56.1. The van der Waals surface area contributed by atoms with Crippen molar-refractivity contribution < 1.29 is 46.9 Å². The molecule has 2 heterocycles. The summed E-state index contributed by atoms with van der Waals surface area (Å²) in [5.41, 5.74) is -0.261. The molecule has 4 rings (SSSR count). The number of likely N-dealkylation sites (tertiary alicyclic amines) is 2. The van der Waals surface area contributed by atoms with Crippen LogP contribution in [0.25, 0.3) is 0 Å². The molecule has 0 unspecified atom stereocenters. The Hall–Kier alpha value is -4.26. The van der Waals surface area contributed by atoms with Gasteiger partial charge < -0.3 is 34.1 Å². The number of halogens is 2. The standard InChI is InChI=1S/C46H67F2N3O8/c1-43(2,3)56-39(52)37(33-13-15-50(27-33)41(54)58-45(7,8)9)23-29-17-31(21-35(47)19-29)25-49-26-32-18-30(20-36(48)22-32)24-38(40(53)57-44(4,5)6)34-14-16-51(28-34)42(55)59-46(10,11)12/h17-22,33-34,37-38,49H,13-16,23-28H2,1-12H3/t33-,34-,37-,38-/m0/s1. The zero-order chi connectivity index (χ0) is 44.1. The van der Waals surface area contributed by atoms with Gasteiger partial charge in [0.2, 0.25) is 0 Å². The first-order valence-corrected chi connectivity index (χ1v) is 20.8. The number of nitrogens with one attached hydrogen (secondary N) is 1. The molecule has 11 nitrogen and oxygen atoms in total. The smallest absolute Gasteiger partial charge is 0.410 e. The van der Waals surface area contributed by atoms with Gasteiger partial charge in [-0.3, -0.25) is 9.59 Å². The normalized spacial score (nSPS) is 18.7. The number of nitrogens with zero attached hydrogens (tertiary/aromatic N) is 2. The van der Waals surface area contributed by atoms with Crippen LogP contribution in [0.2, 0.25) is 0 Å². The third kappa shape index (κ3) is 15.7. The van der Waals surface area contributed by atoms with Crippen LogP contribution in [-0.4, -0.2) is 82.5 Å². The highest BCUT2D eigenvalue weighted by Crippen LogP contribution is 2.33. The number of amides is 2. The van der Waals surface area contributed by atoms with Crippen molar-refractivity contribution in [1.29, 1.82) is 0 Å². The van der Waals surface area contributed by atoms with Gasteiger partial charge in [-0.15, -0.1) is 0 Å². The molecule has 2 saturated heterocycles. The maximum absolute atomic E-state index is 15.1. The predicted molar refractivity (Wildman–Crippen MR) is 221 cm³/mol. The molecule has 0 aromatic heterocycles. The van der Waals surface area contributed by atoms with Crippen molar-refractivity contribution in [2.75, 3.05) is 26.2 Å². The average molecular weight is 828 g/mol. The largest absolute Gasteiger partial charge is 0.460 e. The molecule has 0 radical (unpaired) electrons. The molecule has 2 aliphatic heterocycles. The van der Waals surface area contributed by atoms with Gasteiger partial charge in [-0.25, -0.2) is 18.4 Å². The fraction of sp³-hybridized carbons (Fsp3) is 0.652. The van der Waals surface area contributed by atoms with E-state index in [1.807, 2.05) is 12.1 Å². The van der Waals surface area contributed by atoms with E-state index in [0.717, 1.165) is 0 Å². The van der Waals surface area contributed by atoms with Crippen molar-refractivity contribution in [1.82, 2.24) is 15.1 Å². The van der Waals surface area contributed by atoms with Gasteiger partial charge in [0.15, 0.2) is 0 Å². The molecule has 0 bridgehead atoms. The molecule has 2 aromatic rings. The lowest BCUT2D eigenvalue weighted by atomic mass is 9.85. The average Bonchev–Trinajstić information content (AvgIpc) is 3.74. The first-order chi connectivity index (χ1) is 27.1. The minimum Gasteiger partial charge on any atom is -0.460 e. The lowest BCUT2D eigenvalue weighted by Gasteiger charge is -2.28. The maximum atomic E-state index is 15.1. The second-order valence-corrected chi connectivity index (χ2v) is 20.2. The first-order valence-electron chi connectivity index (χ1n) is 20.8. The van der Waals surface area contributed by atoms with Crippen LogP contribution in [0.3, 0.4) is 0 Å². The molecule has 1 N–H and O–H groups in total. The molecule has 59 heavy (non-hydrogen) atoms. The van der Waals surface area contributed by atoms with Crippen molar-refractivity contribution in [3.05, 3.63) is 70.3 Å². The first kappa shape index (κ1) is 47.4. The van der Waals surface area contributed by atoms with Crippen LogP contribution >= 0.6 is 0 Å². The minimum atomic E-state index is -0.733.